The fourth-order valence-electron chi connectivity index (χ4n) is 2.53. The molecule has 0 aliphatic rings. The number of nitrogens with zero attached hydrogens (tertiary/aromatic N) is 2. The van der Waals surface area contributed by atoms with Crippen molar-refractivity contribution in [1.29, 1.82) is 0 Å². The average molecular weight is 342 g/mol. The number of amides is 1. The molecule has 24 heavy (non-hydrogen) atoms. The van der Waals surface area contributed by atoms with Crippen LogP contribution in [0.3, 0.4) is 0 Å². The van der Waals surface area contributed by atoms with Crippen LogP contribution in [0.4, 0.5) is 5.69 Å². The maximum absolute atomic E-state index is 12.3. The predicted molar refractivity (Wildman–Crippen MR) is 94.5 cm³/mol. The topological polar surface area (TPSA) is 67.2 Å². The number of carbonyl (C=O) groups is 1. The lowest BCUT2D eigenvalue weighted by molar-refractivity contribution is 0.102. The standard InChI is InChI=1S/C18H16ClN3O2/c1-11-9-16(22(2)21-11)14-8-7-12(10-17(14)23)20-18(24)13-5-3-4-6-15(13)19/h3-10,23H,1-2H3,(H,20,24). The minimum Gasteiger partial charge on any atom is -0.507 e. The molecular weight excluding hydrogens is 326 g/mol. The van der Waals surface area contributed by atoms with E-state index in [1.165, 1.54) is 6.07 Å². The van der Waals surface area contributed by atoms with E-state index in [0.717, 1.165) is 11.4 Å². The zero-order valence-corrected chi connectivity index (χ0v) is 14.0. The van der Waals surface area contributed by atoms with E-state index >= 15 is 0 Å². The van der Waals surface area contributed by atoms with Crippen LogP contribution in [0, 0.1) is 6.92 Å². The SMILES string of the molecule is Cc1cc(-c2ccc(NC(=O)c3ccccc3Cl)cc2O)n(C)n1. The van der Waals surface area contributed by atoms with Crippen LogP contribution in [-0.4, -0.2) is 20.8 Å². The minimum atomic E-state index is -0.330. The van der Waals surface area contributed by atoms with E-state index in [0.29, 0.717) is 21.8 Å². The van der Waals surface area contributed by atoms with Crippen molar-refractivity contribution in [3.05, 3.63) is 64.8 Å². The monoisotopic (exact) mass is 341 g/mol. The van der Waals surface area contributed by atoms with Gasteiger partial charge in [0.05, 0.1) is 22.0 Å². The lowest BCUT2D eigenvalue weighted by Crippen LogP contribution is -2.12. The third kappa shape index (κ3) is 3.12. The van der Waals surface area contributed by atoms with Crippen LogP contribution in [0.1, 0.15) is 16.1 Å². The minimum absolute atomic E-state index is 0.0648. The average Bonchev–Trinajstić information content (AvgIpc) is 2.86. The normalized spacial score (nSPS) is 10.6. The van der Waals surface area contributed by atoms with Gasteiger partial charge in [0.1, 0.15) is 5.75 Å². The molecule has 122 valence electrons. The lowest BCUT2D eigenvalue weighted by atomic mass is 10.1. The molecule has 0 saturated heterocycles. The van der Waals surface area contributed by atoms with Crippen molar-refractivity contribution in [1.82, 2.24) is 9.78 Å². The second-order valence-electron chi connectivity index (χ2n) is 5.46. The van der Waals surface area contributed by atoms with Gasteiger partial charge in [-0.15, -0.1) is 0 Å². The Morgan fingerprint density at radius 3 is 2.58 bits per heavy atom. The summed E-state index contributed by atoms with van der Waals surface area (Å²) in [5, 5.41) is 17.7. The Labute approximate surface area is 144 Å². The van der Waals surface area contributed by atoms with Gasteiger partial charge in [-0.2, -0.15) is 5.10 Å². The number of rotatable bonds is 3. The highest BCUT2D eigenvalue weighted by Crippen LogP contribution is 2.32. The molecule has 3 aromatic rings. The van der Waals surface area contributed by atoms with E-state index in [1.807, 2.05) is 20.0 Å². The Balaban J connectivity index is 1.86. The maximum atomic E-state index is 12.3. The van der Waals surface area contributed by atoms with Crippen molar-refractivity contribution in [2.24, 2.45) is 7.05 Å². The maximum Gasteiger partial charge on any atom is 0.257 e. The number of phenolic OH excluding ortho intramolecular Hbond substituents is 1. The third-order valence-corrected chi connectivity index (χ3v) is 3.98. The Morgan fingerprint density at radius 2 is 1.96 bits per heavy atom. The van der Waals surface area contributed by atoms with Gasteiger partial charge >= 0.3 is 0 Å². The molecule has 5 nitrogen and oxygen atoms in total. The molecule has 0 aliphatic carbocycles. The molecule has 0 atom stereocenters. The largest absolute Gasteiger partial charge is 0.507 e. The van der Waals surface area contributed by atoms with Gasteiger partial charge in [0.15, 0.2) is 0 Å². The van der Waals surface area contributed by atoms with E-state index in [9.17, 15) is 9.90 Å². The molecular formula is C18H16ClN3O2. The number of aryl methyl sites for hydroxylation is 2. The van der Waals surface area contributed by atoms with E-state index in [-0.39, 0.29) is 11.7 Å². The molecule has 0 radical (unpaired) electrons. The van der Waals surface area contributed by atoms with Crippen molar-refractivity contribution in [3.8, 4) is 17.0 Å². The number of hydrogen-bond donors (Lipinski definition) is 2. The molecule has 0 spiro atoms. The smallest absolute Gasteiger partial charge is 0.257 e. The first-order valence-electron chi connectivity index (χ1n) is 7.35. The van der Waals surface area contributed by atoms with Gasteiger partial charge in [0.25, 0.3) is 5.91 Å². The van der Waals surface area contributed by atoms with Crippen molar-refractivity contribution in [3.63, 3.8) is 0 Å². The summed E-state index contributed by atoms with van der Waals surface area (Å²) in [6.07, 6.45) is 0. The number of aromatic nitrogens is 2. The number of aromatic hydroxyl groups is 1. The Kier molecular flexibility index (Phi) is 4.27. The molecule has 0 fully saturated rings. The molecule has 0 unspecified atom stereocenters. The van der Waals surface area contributed by atoms with Crippen LogP contribution < -0.4 is 5.32 Å². The molecule has 1 amide bonds. The first-order valence-corrected chi connectivity index (χ1v) is 7.73. The first kappa shape index (κ1) is 16.1. The number of carbonyl (C=O) groups excluding carboxylic acids is 1. The van der Waals surface area contributed by atoms with Crippen LogP contribution in [0.15, 0.2) is 48.5 Å². The molecule has 2 aromatic carbocycles. The number of anilines is 1. The summed E-state index contributed by atoms with van der Waals surface area (Å²) >= 11 is 6.02. The number of halogens is 1. The Bertz CT molecular complexity index is 918. The summed E-state index contributed by atoms with van der Waals surface area (Å²) in [6.45, 7) is 1.89. The van der Waals surface area contributed by atoms with Gasteiger partial charge in [-0.25, -0.2) is 0 Å². The zero-order valence-electron chi connectivity index (χ0n) is 13.2. The summed E-state index contributed by atoms with van der Waals surface area (Å²) in [4.78, 5) is 12.3. The van der Waals surface area contributed by atoms with Gasteiger partial charge in [-0.3, -0.25) is 9.48 Å². The lowest BCUT2D eigenvalue weighted by Gasteiger charge is -2.10. The molecule has 0 saturated carbocycles. The Morgan fingerprint density at radius 1 is 1.21 bits per heavy atom. The number of benzene rings is 2. The number of phenols is 1. The quantitative estimate of drug-likeness (QED) is 0.756. The van der Waals surface area contributed by atoms with E-state index < -0.39 is 0 Å². The van der Waals surface area contributed by atoms with Crippen molar-refractivity contribution < 1.29 is 9.90 Å². The fourth-order valence-corrected chi connectivity index (χ4v) is 2.75. The van der Waals surface area contributed by atoms with Gasteiger partial charge in [-0.05, 0) is 37.3 Å². The summed E-state index contributed by atoms with van der Waals surface area (Å²) in [5.41, 5.74) is 3.18. The van der Waals surface area contributed by atoms with Crippen molar-refractivity contribution in [2.75, 3.05) is 5.32 Å². The first-order chi connectivity index (χ1) is 11.5. The number of hydrogen-bond acceptors (Lipinski definition) is 3. The van der Waals surface area contributed by atoms with Crippen LogP contribution in [0.2, 0.25) is 5.02 Å². The molecule has 2 N–H and O–H groups in total. The van der Waals surface area contributed by atoms with Crippen molar-refractivity contribution >= 4 is 23.2 Å². The predicted octanol–water partition coefficient (Wildman–Crippen LogP) is 4.01. The molecule has 0 bridgehead atoms. The summed E-state index contributed by atoms with van der Waals surface area (Å²) in [7, 11) is 1.81. The van der Waals surface area contributed by atoms with Gasteiger partial charge in [-0.1, -0.05) is 23.7 Å². The van der Waals surface area contributed by atoms with E-state index in [1.54, 1.807) is 41.1 Å². The van der Waals surface area contributed by atoms with Crippen LogP contribution in [0.25, 0.3) is 11.3 Å². The van der Waals surface area contributed by atoms with Gasteiger partial charge in [0, 0.05) is 24.4 Å². The summed E-state index contributed by atoms with van der Waals surface area (Å²) < 4.78 is 1.70. The highest BCUT2D eigenvalue weighted by Gasteiger charge is 2.13. The number of nitrogens with one attached hydrogen (secondary N) is 1. The second kappa shape index (κ2) is 6.37. The molecule has 0 aliphatic heterocycles. The van der Waals surface area contributed by atoms with Crippen LogP contribution in [-0.2, 0) is 7.05 Å². The second-order valence-corrected chi connectivity index (χ2v) is 5.87. The zero-order chi connectivity index (χ0) is 17.3. The van der Waals surface area contributed by atoms with Crippen LogP contribution in [0.5, 0.6) is 5.75 Å². The fraction of sp³-hybridized carbons (Fsp3) is 0.111. The molecule has 1 heterocycles. The van der Waals surface area contributed by atoms with Gasteiger partial charge < -0.3 is 10.4 Å². The highest BCUT2D eigenvalue weighted by atomic mass is 35.5. The molecule has 3 rings (SSSR count). The highest BCUT2D eigenvalue weighted by molar-refractivity contribution is 6.34. The summed E-state index contributed by atoms with van der Waals surface area (Å²) in [5.74, 6) is -0.265. The molecule has 1 aromatic heterocycles. The van der Waals surface area contributed by atoms with Crippen molar-refractivity contribution in [2.45, 2.75) is 6.92 Å². The van der Waals surface area contributed by atoms with E-state index in [2.05, 4.69) is 10.4 Å². The van der Waals surface area contributed by atoms with Crippen LogP contribution >= 0.6 is 11.6 Å². The summed E-state index contributed by atoms with van der Waals surface area (Å²) in [6, 6.07) is 13.7. The van der Waals surface area contributed by atoms with Gasteiger partial charge in [0.2, 0.25) is 0 Å². The van der Waals surface area contributed by atoms with E-state index in [4.69, 9.17) is 11.6 Å². The Hall–Kier alpha value is -2.79. The third-order valence-electron chi connectivity index (χ3n) is 3.65. The molecule has 6 heteroatoms.